The third kappa shape index (κ3) is 7.88. The molecule has 0 amide bonds. The standard InChI is InChI=1S/C24BF20.C17H14FN2O/c26-5-1(6(27)14(35)21(42)13(5)34)25(2-7(28)15(36)22(43)16(37)8(2)29,3-9(30)17(38)23(44)18(39)10(3)31)4-11(32)19(40)24(45)20(41)12(4)33;18-15-8-4-5-9-16(15)21-17-13-20(11-10-19-17)12-14-6-2-1-3-7-14/h;1-11,13H,12H2/q-1;+1. The van der Waals surface area contributed by atoms with Crippen LogP contribution in [0.1, 0.15) is 5.56 Å². The van der Waals surface area contributed by atoms with Gasteiger partial charge in [-0.25, -0.2) is 97.2 Å². The topological polar surface area (TPSA) is 26.0 Å². The summed E-state index contributed by atoms with van der Waals surface area (Å²) in [5.41, 5.74) is -13.2. The van der Waals surface area contributed by atoms with Crippen LogP contribution in [0, 0.1) is 122 Å². The summed E-state index contributed by atoms with van der Waals surface area (Å²) in [6.45, 7) is 0.705. The molecule has 0 unspecified atom stereocenters. The maximum atomic E-state index is 15.4. The first-order valence-electron chi connectivity index (χ1n) is 17.6. The second-order valence-electron chi connectivity index (χ2n) is 13.4. The molecule has 0 spiro atoms. The van der Waals surface area contributed by atoms with Crippen LogP contribution in [0.15, 0.2) is 73.2 Å². The third-order valence-electron chi connectivity index (χ3n) is 9.70. The van der Waals surface area contributed by atoms with E-state index >= 15 is 35.1 Å². The van der Waals surface area contributed by atoms with Crippen molar-refractivity contribution < 1.29 is 102 Å². The van der Waals surface area contributed by atoms with Gasteiger partial charge in [0.05, 0.1) is 6.20 Å². The van der Waals surface area contributed by atoms with E-state index in [1.807, 2.05) is 41.1 Å². The maximum absolute atomic E-state index is 15.4. The molecule has 0 aliphatic rings. The van der Waals surface area contributed by atoms with E-state index in [4.69, 9.17) is 4.74 Å². The first-order valence-corrected chi connectivity index (χ1v) is 17.6. The third-order valence-corrected chi connectivity index (χ3v) is 9.70. The van der Waals surface area contributed by atoms with Crippen molar-refractivity contribution in [3.05, 3.63) is 201 Å². The van der Waals surface area contributed by atoms with Crippen LogP contribution < -0.4 is 31.2 Å². The first kappa shape index (κ1) is 48.3. The number of nitrogens with zero attached hydrogens (tertiary/aromatic N) is 2. The van der Waals surface area contributed by atoms with Crippen molar-refractivity contribution in [2.45, 2.75) is 6.54 Å². The molecule has 0 aliphatic heterocycles. The number of hydrogen-bond acceptors (Lipinski definition) is 2. The van der Waals surface area contributed by atoms with Gasteiger partial charge >= 0.3 is 0 Å². The first-order chi connectivity index (χ1) is 31.0. The second kappa shape index (κ2) is 18.3. The van der Waals surface area contributed by atoms with Gasteiger partial charge in [0.25, 0.3) is 5.88 Å². The summed E-state index contributed by atoms with van der Waals surface area (Å²) < 4.78 is 315. The number of benzene rings is 6. The highest BCUT2D eigenvalue weighted by molar-refractivity contribution is 7.20. The average molecular weight is 960 g/mol. The molecule has 1 aromatic heterocycles. The summed E-state index contributed by atoms with van der Waals surface area (Å²) in [5, 5.41) is 0. The van der Waals surface area contributed by atoms with Gasteiger partial charge in [-0.2, -0.15) is 4.57 Å². The van der Waals surface area contributed by atoms with Crippen molar-refractivity contribution in [3.8, 4) is 11.6 Å². The fraction of sp³-hybridized carbons (Fsp3) is 0.0244. The Balaban J connectivity index is 0.000000284. The van der Waals surface area contributed by atoms with E-state index in [0.717, 1.165) is 0 Å². The average Bonchev–Trinajstić information content (AvgIpc) is 3.30. The zero-order chi connectivity index (χ0) is 48.8. The van der Waals surface area contributed by atoms with Gasteiger partial charge in [-0.1, -0.05) is 42.5 Å². The van der Waals surface area contributed by atoms with E-state index in [0.29, 0.717) is 12.4 Å². The highest BCUT2D eigenvalue weighted by Gasteiger charge is 2.52. The molecule has 0 radical (unpaired) electrons. The minimum Gasteiger partial charge on any atom is -0.431 e. The zero-order valence-electron chi connectivity index (χ0n) is 31.5. The van der Waals surface area contributed by atoms with Crippen molar-refractivity contribution in [2.75, 3.05) is 0 Å². The molecule has 6 aromatic carbocycles. The van der Waals surface area contributed by atoms with Crippen molar-refractivity contribution >= 4 is 28.0 Å². The number of aromatic nitrogens is 2. The lowest BCUT2D eigenvalue weighted by Gasteiger charge is -2.44. The van der Waals surface area contributed by atoms with Gasteiger partial charge in [0.2, 0.25) is 6.20 Å². The summed E-state index contributed by atoms with van der Waals surface area (Å²) in [6.07, 6.45) is -1.98. The molecule has 1 heterocycles. The van der Waals surface area contributed by atoms with E-state index in [1.54, 1.807) is 30.6 Å². The number of rotatable bonds is 8. The molecule has 7 rings (SSSR count). The van der Waals surface area contributed by atoms with Crippen molar-refractivity contribution in [2.24, 2.45) is 0 Å². The summed E-state index contributed by atoms with van der Waals surface area (Å²) in [6, 6.07) is 16.3. The molecule has 0 saturated heterocycles. The normalized spacial score (nSPS) is 11.5. The molecule has 0 fully saturated rings. The van der Waals surface area contributed by atoms with Crippen LogP contribution >= 0.6 is 0 Å². The SMILES string of the molecule is Fc1c(F)c(F)c([B-](c2c(F)c(F)c(F)c(F)c2F)(c2c(F)c(F)c(F)c(F)c2F)c2c(F)c(F)c(F)c(F)c2F)c(F)c1F.Fc1ccccc1Oc1c[n+](Cc2ccccc2)ccn1. The van der Waals surface area contributed by atoms with Gasteiger partial charge < -0.3 is 4.74 Å². The highest BCUT2D eigenvalue weighted by atomic mass is 19.2. The van der Waals surface area contributed by atoms with Crippen LogP contribution in [0.2, 0.25) is 0 Å². The quantitative estimate of drug-likeness (QED) is 0.0500. The zero-order valence-corrected chi connectivity index (χ0v) is 31.5. The van der Waals surface area contributed by atoms with Gasteiger partial charge in [0.1, 0.15) is 52.7 Å². The van der Waals surface area contributed by atoms with Crippen molar-refractivity contribution in [3.63, 3.8) is 0 Å². The summed E-state index contributed by atoms with van der Waals surface area (Å²) >= 11 is 0. The smallest absolute Gasteiger partial charge is 0.285 e. The van der Waals surface area contributed by atoms with Crippen molar-refractivity contribution in [1.82, 2.24) is 4.98 Å². The Hall–Kier alpha value is -7.21. The van der Waals surface area contributed by atoms with Crippen LogP contribution in [0.4, 0.5) is 92.2 Å². The largest absolute Gasteiger partial charge is 0.431 e. The monoisotopic (exact) mass is 960 g/mol. The lowest BCUT2D eigenvalue weighted by atomic mass is 9.12. The molecule has 0 bridgehead atoms. The van der Waals surface area contributed by atoms with Crippen LogP contribution in [-0.4, -0.2) is 11.1 Å². The molecule has 0 N–H and O–H groups in total. The highest BCUT2D eigenvalue weighted by Crippen LogP contribution is 2.31. The maximum Gasteiger partial charge on any atom is 0.285 e. The summed E-state index contributed by atoms with van der Waals surface area (Å²) in [4.78, 5) is 4.11. The van der Waals surface area contributed by atoms with E-state index < -0.39 is 150 Å². The number of hydrogen-bond donors (Lipinski definition) is 0. The van der Waals surface area contributed by atoms with Crippen LogP contribution in [0.5, 0.6) is 11.6 Å². The van der Waals surface area contributed by atoms with Gasteiger partial charge in [0.15, 0.2) is 94.1 Å². The minimum absolute atomic E-state index is 0.169. The molecule has 0 saturated carbocycles. The molecular formula is C41H14BF21N2O. The molecule has 3 nitrogen and oxygen atoms in total. The molecule has 66 heavy (non-hydrogen) atoms. The van der Waals surface area contributed by atoms with E-state index in [1.165, 1.54) is 11.6 Å². The van der Waals surface area contributed by atoms with Crippen LogP contribution in [-0.2, 0) is 6.54 Å². The molecule has 25 heteroatoms. The molecular weight excluding hydrogens is 946 g/mol. The predicted molar refractivity (Wildman–Crippen MR) is 186 cm³/mol. The van der Waals surface area contributed by atoms with Crippen LogP contribution in [0.3, 0.4) is 0 Å². The van der Waals surface area contributed by atoms with Gasteiger partial charge in [0, 0.05) is 5.56 Å². The van der Waals surface area contributed by atoms with Crippen molar-refractivity contribution in [1.29, 1.82) is 0 Å². The van der Waals surface area contributed by atoms with Crippen LogP contribution in [0.25, 0.3) is 0 Å². The van der Waals surface area contributed by atoms with Gasteiger partial charge in [-0.15, -0.1) is 21.9 Å². The van der Waals surface area contributed by atoms with Gasteiger partial charge in [-0.05, 0) is 12.1 Å². The van der Waals surface area contributed by atoms with E-state index in [2.05, 4.69) is 4.98 Å². The van der Waals surface area contributed by atoms with E-state index in [-0.39, 0.29) is 5.75 Å². The van der Waals surface area contributed by atoms with Gasteiger partial charge in [-0.3, -0.25) is 0 Å². The molecule has 0 atom stereocenters. The van der Waals surface area contributed by atoms with E-state index in [9.17, 15) is 57.1 Å². The molecule has 0 aliphatic carbocycles. The Kier molecular flexibility index (Phi) is 13.4. The fourth-order valence-corrected chi connectivity index (χ4v) is 6.87. The predicted octanol–water partition coefficient (Wildman–Crippen LogP) is 9.19. The lowest BCUT2D eigenvalue weighted by molar-refractivity contribution is -0.689. The minimum atomic E-state index is -7.22. The number of halogens is 21. The molecule has 344 valence electrons. The Morgan fingerprint density at radius 2 is 0.682 bits per heavy atom. The lowest BCUT2D eigenvalue weighted by Crippen LogP contribution is -2.81. The summed E-state index contributed by atoms with van der Waals surface area (Å²) in [7, 11) is 0. The Morgan fingerprint density at radius 3 is 1.02 bits per heavy atom. The summed E-state index contributed by atoms with van der Waals surface area (Å²) in [5.74, 6) is -71.3. The molecule has 7 aromatic rings. The number of para-hydroxylation sites is 1. The second-order valence-corrected chi connectivity index (χ2v) is 13.4. The number of ether oxygens (including phenoxy) is 1. The Morgan fingerprint density at radius 1 is 0.379 bits per heavy atom. The fourth-order valence-electron chi connectivity index (χ4n) is 6.87. The Bertz CT molecular complexity index is 2680. The Labute approximate surface area is 353 Å².